The lowest BCUT2D eigenvalue weighted by atomic mass is 9.47. The molecule has 2 aliphatic heterocycles. The third kappa shape index (κ3) is 4.32. The summed E-state index contributed by atoms with van der Waals surface area (Å²) in [6.07, 6.45) is 12.6. The van der Waals surface area contributed by atoms with Crippen LogP contribution in [0, 0.1) is 17.3 Å². The average Bonchev–Trinajstić information content (AvgIpc) is 2.72. The Labute approximate surface area is 204 Å². The largest absolute Gasteiger partial charge is 0.494 e. The molecule has 6 fully saturated rings. The first-order valence-electron chi connectivity index (χ1n) is 13.8. The molecule has 4 bridgehead atoms. The minimum atomic E-state index is -0.871. The van der Waals surface area contributed by atoms with Gasteiger partial charge in [0.1, 0.15) is 18.0 Å². The van der Waals surface area contributed by atoms with Crippen molar-refractivity contribution >= 4 is 5.97 Å². The molecule has 0 aromatic heterocycles. The second-order valence-electron chi connectivity index (χ2n) is 12.3. The quantitative estimate of drug-likeness (QED) is 0.290. The predicted octanol–water partition coefficient (Wildman–Crippen LogP) is 5.64. The van der Waals surface area contributed by atoms with E-state index in [0.717, 1.165) is 89.6 Å². The van der Waals surface area contributed by atoms with E-state index < -0.39 is 5.97 Å². The van der Waals surface area contributed by atoms with Crippen molar-refractivity contribution in [1.29, 1.82) is 0 Å². The molecule has 0 radical (unpaired) electrons. The maximum absolute atomic E-state index is 12.2. The van der Waals surface area contributed by atoms with Gasteiger partial charge in [-0.2, -0.15) is 0 Å². The van der Waals surface area contributed by atoms with E-state index in [2.05, 4.69) is 13.8 Å². The monoisotopic (exact) mass is 476 g/mol. The molecule has 6 aliphatic rings. The van der Waals surface area contributed by atoms with Crippen molar-refractivity contribution in [2.45, 2.75) is 115 Å². The van der Waals surface area contributed by atoms with Crippen LogP contribution in [0.4, 0.5) is 0 Å². The van der Waals surface area contributed by atoms with Crippen LogP contribution >= 0.6 is 0 Å². The fourth-order valence-electron chi connectivity index (χ4n) is 8.32. The molecule has 34 heavy (non-hydrogen) atoms. The maximum Gasteiger partial charge on any atom is 0.334 e. The van der Waals surface area contributed by atoms with Crippen LogP contribution in [0.5, 0.6) is 0 Å². The van der Waals surface area contributed by atoms with E-state index in [1.165, 1.54) is 6.42 Å². The second-order valence-corrected chi connectivity index (χ2v) is 12.3. The zero-order valence-electron chi connectivity index (χ0n) is 21.5. The van der Waals surface area contributed by atoms with E-state index in [0.29, 0.717) is 30.6 Å². The van der Waals surface area contributed by atoms with Gasteiger partial charge in [-0.3, -0.25) is 0 Å². The highest BCUT2D eigenvalue weighted by atomic mass is 16.6. The van der Waals surface area contributed by atoms with E-state index in [-0.39, 0.29) is 22.2 Å². The van der Waals surface area contributed by atoms with Crippen molar-refractivity contribution < 1.29 is 28.8 Å². The van der Waals surface area contributed by atoms with Gasteiger partial charge >= 0.3 is 5.97 Å². The van der Waals surface area contributed by atoms with Crippen LogP contribution in [0.2, 0.25) is 0 Å². The Morgan fingerprint density at radius 1 is 0.941 bits per heavy atom. The molecule has 2 saturated heterocycles. The lowest BCUT2D eigenvalue weighted by Crippen LogP contribution is -2.60. The number of ether oxygens (including phenoxy) is 4. The first-order chi connectivity index (χ1) is 16.3. The molecule has 4 aliphatic carbocycles. The van der Waals surface area contributed by atoms with Gasteiger partial charge in [-0.05, 0) is 70.1 Å². The van der Waals surface area contributed by atoms with Gasteiger partial charge in [0.25, 0.3) is 0 Å². The summed E-state index contributed by atoms with van der Waals surface area (Å²) in [5.74, 6) is 1.01. The Bertz CT molecular complexity index is 794. The maximum atomic E-state index is 12.2. The number of carboxylic acid groups (broad SMARTS) is 1. The number of hydrogen-bond donors (Lipinski definition) is 1. The Balaban J connectivity index is 1.39. The van der Waals surface area contributed by atoms with Gasteiger partial charge in [0, 0.05) is 18.3 Å². The smallest absolute Gasteiger partial charge is 0.334 e. The summed E-state index contributed by atoms with van der Waals surface area (Å²) in [4.78, 5) is 12.2. The third-order valence-corrected chi connectivity index (χ3v) is 9.61. The number of rotatable bonds is 12. The van der Waals surface area contributed by atoms with Gasteiger partial charge < -0.3 is 24.1 Å². The van der Waals surface area contributed by atoms with Crippen molar-refractivity contribution in [3.05, 3.63) is 11.3 Å². The zero-order valence-corrected chi connectivity index (χ0v) is 21.5. The van der Waals surface area contributed by atoms with Gasteiger partial charge in [0.15, 0.2) is 0 Å². The lowest BCUT2D eigenvalue weighted by molar-refractivity contribution is -0.249. The van der Waals surface area contributed by atoms with Crippen molar-refractivity contribution in [2.75, 3.05) is 26.4 Å². The molecule has 4 atom stereocenters. The summed E-state index contributed by atoms with van der Waals surface area (Å²) in [5.41, 5.74) is -0.393. The number of aliphatic carboxylic acids is 1. The van der Waals surface area contributed by atoms with Crippen LogP contribution in [0.3, 0.4) is 0 Å². The van der Waals surface area contributed by atoms with Crippen molar-refractivity contribution in [3.63, 3.8) is 0 Å². The highest BCUT2D eigenvalue weighted by Crippen LogP contribution is 2.66. The standard InChI is InChI=1S/C28H44O6/c1-4-6-26(8-10-32-26)18-31-23(20(3)24(29)30)25-13-21-12-22(14-25)16-28(15-21,17-25)34-19-27(7-5-2)9-11-33-27/h21-22H,4-19H2,1-3H3,(H,29,30). The number of carboxylic acids is 1. The number of allylic oxidation sites excluding steroid dienone is 1. The third-order valence-electron chi connectivity index (χ3n) is 9.61. The van der Waals surface area contributed by atoms with Crippen LogP contribution in [-0.2, 0) is 23.7 Å². The highest BCUT2D eigenvalue weighted by molar-refractivity contribution is 5.86. The molecule has 6 rings (SSSR count). The molecule has 1 N–H and O–H groups in total. The summed E-state index contributed by atoms with van der Waals surface area (Å²) in [6, 6.07) is 0. The van der Waals surface area contributed by atoms with Crippen LogP contribution in [0.1, 0.15) is 97.8 Å². The van der Waals surface area contributed by atoms with Gasteiger partial charge in [-0.1, -0.05) is 26.7 Å². The van der Waals surface area contributed by atoms with Gasteiger partial charge in [-0.15, -0.1) is 0 Å². The Morgan fingerprint density at radius 2 is 1.50 bits per heavy atom. The van der Waals surface area contributed by atoms with E-state index >= 15 is 0 Å². The molecule has 6 heteroatoms. The fraction of sp³-hybridized carbons (Fsp3) is 0.893. The van der Waals surface area contributed by atoms with E-state index in [1.54, 1.807) is 6.92 Å². The summed E-state index contributed by atoms with van der Waals surface area (Å²) in [5, 5.41) is 10.0. The van der Waals surface area contributed by atoms with E-state index in [9.17, 15) is 9.90 Å². The molecule has 4 saturated carbocycles. The summed E-state index contributed by atoms with van der Waals surface area (Å²) >= 11 is 0. The molecule has 0 amide bonds. The Hall–Kier alpha value is -1.11. The van der Waals surface area contributed by atoms with Crippen molar-refractivity contribution in [2.24, 2.45) is 17.3 Å². The molecule has 2 heterocycles. The molecule has 192 valence electrons. The van der Waals surface area contributed by atoms with Crippen molar-refractivity contribution in [1.82, 2.24) is 0 Å². The first kappa shape index (κ1) is 24.6. The SMILES string of the molecule is CCCC1(COC(=C(C)C(=O)O)C23CC4CC(CC(OCC5(CCC)CCO5)(C4)C2)C3)CCO1. The Kier molecular flexibility index (Phi) is 6.56. The van der Waals surface area contributed by atoms with E-state index in [1.807, 2.05) is 0 Å². The fourth-order valence-corrected chi connectivity index (χ4v) is 8.32. The minimum absolute atomic E-state index is 0.106. The average molecular weight is 477 g/mol. The van der Waals surface area contributed by atoms with Gasteiger partial charge in [0.2, 0.25) is 0 Å². The van der Waals surface area contributed by atoms with Crippen LogP contribution in [0.25, 0.3) is 0 Å². The predicted molar refractivity (Wildman–Crippen MR) is 129 cm³/mol. The summed E-state index contributed by atoms with van der Waals surface area (Å²) in [7, 11) is 0. The van der Waals surface area contributed by atoms with E-state index in [4.69, 9.17) is 18.9 Å². The van der Waals surface area contributed by atoms with Gasteiger partial charge in [-0.25, -0.2) is 4.79 Å². The molecule has 4 unspecified atom stereocenters. The highest BCUT2D eigenvalue weighted by Gasteiger charge is 2.61. The van der Waals surface area contributed by atoms with Crippen LogP contribution in [-0.4, -0.2) is 54.3 Å². The second kappa shape index (κ2) is 9.08. The number of hydrogen-bond acceptors (Lipinski definition) is 5. The number of carbonyl (C=O) groups is 1. The topological polar surface area (TPSA) is 74.2 Å². The molecular formula is C28H44O6. The normalized spacial score (nSPS) is 43.1. The molecular weight excluding hydrogens is 432 g/mol. The molecule has 0 spiro atoms. The first-order valence-corrected chi connectivity index (χ1v) is 13.8. The summed E-state index contributed by atoms with van der Waals surface area (Å²) in [6.45, 7) is 8.85. The lowest BCUT2D eigenvalue weighted by Gasteiger charge is -2.62. The van der Waals surface area contributed by atoms with Crippen molar-refractivity contribution in [3.8, 4) is 0 Å². The summed E-state index contributed by atoms with van der Waals surface area (Å²) < 4.78 is 25.4. The van der Waals surface area contributed by atoms with Gasteiger partial charge in [0.05, 0.1) is 36.6 Å². The van der Waals surface area contributed by atoms with Crippen LogP contribution in [0.15, 0.2) is 11.3 Å². The molecule has 6 nitrogen and oxygen atoms in total. The zero-order chi connectivity index (χ0) is 24.0. The Morgan fingerprint density at radius 3 is 1.97 bits per heavy atom. The van der Waals surface area contributed by atoms with Crippen LogP contribution < -0.4 is 0 Å². The molecule has 0 aromatic carbocycles. The minimum Gasteiger partial charge on any atom is -0.494 e. The molecule has 0 aromatic rings.